The van der Waals surface area contributed by atoms with Crippen molar-refractivity contribution < 1.29 is 19.1 Å². The van der Waals surface area contributed by atoms with Crippen LogP contribution in [0.5, 0.6) is 11.5 Å². The highest BCUT2D eigenvalue weighted by atomic mass is 32.1. The molecule has 1 saturated heterocycles. The second-order valence-corrected chi connectivity index (χ2v) is 7.91. The van der Waals surface area contributed by atoms with Gasteiger partial charge in [0.1, 0.15) is 22.2 Å². The van der Waals surface area contributed by atoms with E-state index in [1.165, 1.54) is 11.3 Å². The minimum Gasteiger partial charge on any atom is -0.497 e. The van der Waals surface area contributed by atoms with E-state index in [4.69, 9.17) is 9.47 Å². The molecule has 0 unspecified atom stereocenters. The first kappa shape index (κ1) is 20.9. The van der Waals surface area contributed by atoms with Crippen LogP contribution in [0.2, 0.25) is 0 Å². The fraction of sp³-hybridized carbons (Fsp3) is 0.261. The third-order valence-corrected chi connectivity index (χ3v) is 6.13. The van der Waals surface area contributed by atoms with E-state index in [9.17, 15) is 9.59 Å². The lowest BCUT2D eigenvalue weighted by molar-refractivity contribution is 0.0533. The van der Waals surface area contributed by atoms with Crippen molar-refractivity contribution in [1.82, 2.24) is 14.8 Å². The van der Waals surface area contributed by atoms with Gasteiger partial charge in [-0.2, -0.15) is 0 Å². The number of carbonyl (C=O) groups excluding carboxylic acids is 2. The predicted octanol–water partition coefficient (Wildman–Crippen LogP) is 3.43. The van der Waals surface area contributed by atoms with Crippen molar-refractivity contribution in [1.29, 1.82) is 0 Å². The fourth-order valence-electron chi connectivity index (χ4n) is 3.51. The first-order valence-corrected chi connectivity index (χ1v) is 10.8. The van der Waals surface area contributed by atoms with Crippen LogP contribution in [0.1, 0.15) is 20.8 Å². The second kappa shape index (κ2) is 9.18. The van der Waals surface area contributed by atoms with Gasteiger partial charge in [-0.1, -0.05) is 12.1 Å². The Morgan fingerprint density at radius 2 is 1.52 bits per heavy atom. The van der Waals surface area contributed by atoms with Gasteiger partial charge >= 0.3 is 0 Å². The van der Waals surface area contributed by atoms with Gasteiger partial charge in [0.15, 0.2) is 0 Å². The Morgan fingerprint density at radius 3 is 2.16 bits per heavy atom. The number of amides is 2. The molecule has 0 saturated carbocycles. The van der Waals surface area contributed by atoms with Crippen LogP contribution >= 0.6 is 11.3 Å². The van der Waals surface area contributed by atoms with Gasteiger partial charge in [0.25, 0.3) is 11.8 Å². The monoisotopic (exact) mass is 437 g/mol. The number of methoxy groups -OCH3 is 2. The molecular formula is C23H23N3O4S. The second-order valence-electron chi connectivity index (χ2n) is 7.05. The highest BCUT2D eigenvalue weighted by Gasteiger charge is 2.27. The van der Waals surface area contributed by atoms with Crippen LogP contribution in [-0.2, 0) is 0 Å². The summed E-state index contributed by atoms with van der Waals surface area (Å²) in [5.74, 6) is 1.28. The standard InChI is InChI=1S/C23H23N3O4S/c1-29-17-9-7-16(8-10-17)22(27)25-11-13-26(14-12-25)23(28)19-15-31-21(24-19)18-5-3-4-6-20(18)30-2/h3-10,15H,11-14H2,1-2H3. The average Bonchev–Trinajstić information content (AvgIpc) is 3.33. The van der Waals surface area contributed by atoms with E-state index >= 15 is 0 Å². The van der Waals surface area contributed by atoms with Crippen LogP contribution in [0.25, 0.3) is 10.6 Å². The maximum atomic E-state index is 12.9. The van der Waals surface area contributed by atoms with Crippen molar-refractivity contribution in [3.8, 4) is 22.1 Å². The van der Waals surface area contributed by atoms with Gasteiger partial charge in [-0.3, -0.25) is 9.59 Å². The van der Waals surface area contributed by atoms with Crippen LogP contribution in [0.4, 0.5) is 0 Å². The molecule has 2 aromatic carbocycles. The number of hydrogen-bond donors (Lipinski definition) is 0. The average molecular weight is 438 g/mol. The molecule has 7 nitrogen and oxygen atoms in total. The number of ether oxygens (including phenoxy) is 2. The zero-order chi connectivity index (χ0) is 21.8. The summed E-state index contributed by atoms with van der Waals surface area (Å²) in [5, 5.41) is 2.52. The number of para-hydroxylation sites is 1. The van der Waals surface area contributed by atoms with Crippen molar-refractivity contribution in [2.24, 2.45) is 0 Å². The van der Waals surface area contributed by atoms with Crippen molar-refractivity contribution >= 4 is 23.2 Å². The van der Waals surface area contributed by atoms with Gasteiger partial charge in [0, 0.05) is 37.1 Å². The molecule has 3 aromatic rings. The van der Waals surface area contributed by atoms with Crippen molar-refractivity contribution in [3.63, 3.8) is 0 Å². The first-order valence-electron chi connectivity index (χ1n) is 9.92. The Morgan fingerprint density at radius 1 is 0.871 bits per heavy atom. The summed E-state index contributed by atoms with van der Waals surface area (Å²) in [6.45, 7) is 1.92. The van der Waals surface area contributed by atoms with Crippen molar-refractivity contribution in [2.75, 3.05) is 40.4 Å². The number of rotatable bonds is 5. The van der Waals surface area contributed by atoms with E-state index in [0.717, 1.165) is 16.3 Å². The maximum Gasteiger partial charge on any atom is 0.273 e. The third-order valence-electron chi connectivity index (χ3n) is 5.25. The van der Waals surface area contributed by atoms with Gasteiger partial charge in [-0.05, 0) is 36.4 Å². The van der Waals surface area contributed by atoms with Crippen LogP contribution in [0, 0.1) is 0 Å². The normalized spacial score (nSPS) is 13.7. The molecule has 0 radical (unpaired) electrons. The van der Waals surface area contributed by atoms with E-state index < -0.39 is 0 Å². The molecule has 1 aliphatic heterocycles. The zero-order valence-corrected chi connectivity index (χ0v) is 18.2. The molecule has 160 valence electrons. The van der Waals surface area contributed by atoms with Gasteiger partial charge < -0.3 is 19.3 Å². The molecule has 1 aromatic heterocycles. The Bertz CT molecular complexity index is 1070. The third kappa shape index (κ3) is 4.39. The highest BCUT2D eigenvalue weighted by molar-refractivity contribution is 7.13. The van der Waals surface area contributed by atoms with E-state index in [-0.39, 0.29) is 11.8 Å². The zero-order valence-electron chi connectivity index (χ0n) is 17.4. The molecule has 0 aliphatic carbocycles. The van der Waals surface area contributed by atoms with Crippen molar-refractivity contribution in [2.45, 2.75) is 0 Å². The van der Waals surface area contributed by atoms with Crippen molar-refractivity contribution in [3.05, 3.63) is 65.2 Å². The van der Waals surface area contributed by atoms with Crippen LogP contribution in [-0.4, -0.2) is 67.0 Å². The Labute approximate surface area is 184 Å². The molecule has 31 heavy (non-hydrogen) atoms. The summed E-state index contributed by atoms with van der Waals surface area (Å²) in [6, 6.07) is 14.7. The molecule has 2 heterocycles. The minimum absolute atomic E-state index is 0.0399. The van der Waals surface area contributed by atoms with E-state index in [1.807, 2.05) is 24.3 Å². The molecule has 8 heteroatoms. The van der Waals surface area contributed by atoms with Gasteiger partial charge in [-0.25, -0.2) is 4.98 Å². The predicted molar refractivity (Wildman–Crippen MR) is 119 cm³/mol. The largest absolute Gasteiger partial charge is 0.497 e. The lowest BCUT2D eigenvalue weighted by Gasteiger charge is -2.34. The maximum absolute atomic E-state index is 12.9. The summed E-state index contributed by atoms with van der Waals surface area (Å²) < 4.78 is 10.5. The molecule has 1 aliphatic rings. The minimum atomic E-state index is -0.117. The first-order chi connectivity index (χ1) is 15.1. The summed E-state index contributed by atoms with van der Waals surface area (Å²) in [6.07, 6.45) is 0. The molecule has 4 rings (SSSR count). The van der Waals surface area contributed by atoms with Gasteiger partial charge in [0.2, 0.25) is 0 Å². The molecule has 0 bridgehead atoms. The van der Waals surface area contributed by atoms with E-state index in [0.29, 0.717) is 43.2 Å². The number of carbonyl (C=O) groups is 2. The Balaban J connectivity index is 1.39. The molecule has 0 N–H and O–H groups in total. The quantitative estimate of drug-likeness (QED) is 0.612. The van der Waals surface area contributed by atoms with Crippen LogP contribution in [0.15, 0.2) is 53.9 Å². The Hall–Kier alpha value is -3.39. The van der Waals surface area contributed by atoms with Crippen LogP contribution in [0.3, 0.4) is 0 Å². The lowest BCUT2D eigenvalue weighted by Crippen LogP contribution is -2.50. The Kier molecular flexibility index (Phi) is 6.18. The smallest absolute Gasteiger partial charge is 0.273 e. The number of hydrogen-bond acceptors (Lipinski definition) is 6. The highest BCUT2D eigenvalue weighted by Crippen LogP contribution is 2.32. The SMILES string of the molecule is COc1ccc(C(=O)N2CCN(C(=O)c3csc(-c4ccccc4OC)n3)CC2)cc1. The molecule has 1 fully saturated rings. The van der Waals surface area contributed by atoms with E-state index in [2.05, 4.69) is 4.98 Å². The summed E-state index contributed by atoms with van der Waals surface area (Å²) in [4.78, 5) is 33.7. The number of benzene rings is 2. The number of piperazine rings is 1. The van der Waals surface area contributed by atoms with Crippen LogP contribution < -0.4 is 9.47 Å². The fourth-order valence-corrected chi connectivity index (χ4v) is 4.33. The van der Waals surface area contributed by atoms with Gasteiger partial charge in [0.05, 0.1) is 19.8 Å². The lowest BCUT2D eigenvalue weighted by atomic mass is 10.1. The molecular weight excluding hydrogens is 414 g/mol. The molecule has 0 atom stereocenters. The van der Waals surface area contributed by atoms with E-state index in [1.54, 1.807) is 53.7 Å². The van der Waals surface area contributed by atoms with Gasteiger partial charge in [-0.15, -0.1) is 11.3 Å². The molecule has 0 spiro atoms. The molecule has 2 amide bonds. The number of nitrogens with zero attached hydrogens (tertiary/aromatic N) is 3. The summed E-state index contributed by atoms with van der Waals surface area (Å²) >= 11 is 1.42. The topological polar surface area (TPSA) is 72.0 Å². The summed E-state index contributed by atoms with van der Waals surface area (Å²) in [7, 11) is 3.21. The number of thiazole rings is 1. The summed E-state index contributed by atoms with van der Waals surface area (Å²) in [5.41, 5.74) is 1.89. The number of aromatic nitrogens is 1.